The molecule has 6 heteroatoms. The van der Waals surface area contributed by atoms with Crippen LogP contribution in [-0.2, 0) is 11.2 Å². The van der Waals surface area contributed by atoms with Crippen LogP contribution < -0.4 is 5.32 Å². The van der Waals surface area contributed by atoms with E-state index < -0.39 is 0 Å². The number of hydrogen-bond donors (Lipinski definition) is 2. The number of benzene rings is 1. The van der Waals surface area contributed by atoms with Crippen LogP contribution in [-0.4, -0.2) is 28.6 Å². The van der Waals surface area contributed by atoms with Crippen LogP contribution in [0.4, 0.5) is 4.39 Å². The quantitative estimate of drug-likeness (QED) is 0.843. The standard InChI is InChI=1S/C19H23FN2O3/c20-16-7-2-1-6-15(16)17-12-22-19(25-17)9-8-18(24)21-11-13-4-3-5-14(23)10-13/h1-2,6-7,12-14,23H,3-5,8-11H2,(H,21,24). The van der Waals surface area contributed by atoms with Crippen LogP contribution >= 0.6 is 0 Å². The van der Waals surface area contributed by atoms with E-state index in [1.807, 2.05) is 0 Å². The molecule has 2 atom stereocenters. The number of aliphatic hydroxyl groups is 1. The van der Waals surface area contributed by atoms with Crippen LogP contribution in [0.1, 0.15) is 38.0 Å². The number of oxazole rings is 1. The van der Waals surface area contributed by atoms with Crippen LogP contribution in [0.2, 0.25) is 0 Å². The number of carbonyl (C=O) groups is 1. The van der Waals surface area contributed by atoms with Crippen LogP contribution in [0, 0.1) is 11.7 Å². The van der Waals surface area contributed by atoms with Gasteiger partial charge in [-0.15, -0.1) is 0 Å². The lowest BCUT2D eigenvalue weighted by molar-refractivity contribution is -0.121. The third kappa shape index (κ3) is 4.89. The van der Waals surface area contributed by atoms with Crippen molar-refractivity contribution in [1.82, 2.24) is 10.3 Å². The molecule has 2 N–H and O–H groups in total. The summed E-state index contributed by atoms with van der Waals surface area (Å²) in [4.78, 5) is 16.1. The molecule has 2 aromatic rings. The Morgan fingerprint density at radius 2 is 2.20 bits per heavy atom. The van der Waals surface area contributed by atoms with Gasteiger partial charge in [0.15, 0.2) is 11.7 Å². The number of amides is 1. The molecule has 1 aromatic carbocycles. The topological polar surface area (TPSA) is 75.4 Å². The fourth-order valence-electron chi connectivity index (χ4n) is 3.23. The number of hydrogen-bond acceptors (Lipinski definition) is 4. The van der Waals surface area contributed by atoms with Gasteiger partial charge in [-0.2, -0.15) is 0 Å². The number of carbonyl (C=O) groups excluding carboxylic acids is 1. The van der Waals surface area contributed by atoms with Crippen LogP contribution in [0.5, 0.6) is 0 Å². The summed E-state index contributed by atoms with van der Waals surface area (Å²) in [5, 5.41) is 12.6. The first-order chi connectivity index (χ1) is 12.1. The normalized spacial score (nSPS) is 20.4. The fourth-order valence-corrected chi connectivity index (χ4v) is 3.23. The van der Waals surface area contributed by atoms with E-state index in [0.29, 0.717) is 36.1 Å². The maximum absolute atomic E-state index is 13.7. The summed E-state index contributed by atoms with van der Waals surface area (Å²) < 4.78 is 19.3. The molecule has 2 unspecified atom stereocenters. The van der Waals surface area contributed by atoms with Crippen LogP contribution in [0.15, 0.2) is 34.9 Å². The maximum atomic E-state index is 13.7. The molecule has 0 aliphatic heterocycles. The molecule has 1 amide bonds. The zero-order chi connectivity index (χ0) is 17.6. The van der Waals surface area contributed by atoms with Gasteiger partial charge >= 0.3 is 0 Å². The SMILES string of the molecule is O=C(CCc1ncc(-c2ccccc2F)o1)NCC1CCCC(O)C1. The van der Waals surface area contributed by atoms with E-state index in [2.05, 4.69) is 10.3 Å². The minimum absolute atomic E-state index is 0.0642. The number of nitrogens with one attached hydrogen (secondary N) is 1. The fraction of sp³-hybridized carbons (Fsp3) is 0.474. The van der Waals surface area contributed by atoms with Gasteiger partial charge in [0.25, 0.3) is 0 Å². The molecule has 3 rings (SSSR count). The minimum atomic E-state index is -0.363. The molecule has 134 valence electrons. The summed E-state index contributed by atoms with van der Waals surface area (Å²) in [7, 11) is 0. The van der Waals surface area contributed by atoms with E-state index in [-0.39, 0.29) is 24.2 Å². The second-order valence-corrected chi connectivity index (χ2v) is 6.59. The summed E-state index contributed by atoms with van der Waals surface area (Å²) in [5.74, 6) is 0.705. The largest absolute Gasteiger partial charge is 0.441 e. The monoisotopic (exact) mass is 346 g/mol. The van der Waals surface area contributed by atoms with Gasteiger partial charge in [-0.1, -0.05) is 18.6 Å². The van der Waals surface area contributed by atoms with Gasteiger partial charge in [0.2, 0.25) is 5.91 Å². The Balaban J connectivity index is 1.46. The molecule has 1 fully saturated rings. The molecule has 0 saturated heterocycles. The van der Waals surface area contributed by atoms with Gasteiger partial charge < -0.3 is 14.8 Å². The highest BCUT2D eigenvalue weighted by molar-refractivity contribution is 5.76. The molecule has 1 aliphatic rings. The van der Waals surface area contributed by atoms with Gasteiger partial charge in [-0.05, 0) is 37.3 Å². The molecule has 5 nitrogen and oxygen atoms in total. The van der Waals surface area contributed by atoms with E-state index in [1.54, 1.807) is 18.2 Å². The molecular weight excluding hydrogens is 323 g/mol. The third-order valence-corrected chi connectivity index (χ3v) is 4.60. The van der Waals surface area contributed by atoms with Crippen molar-refractivity contribution in [3.63, 3.8) is 0 Å². The van der Waals surface area contributed by atoms with Gasteiger partial charge in [0, 0.05) is 19.4 Å². The maximum Gasteiger partial charge on any atom is 0.220 e. The Kier molecular flexibility index (Phi) is 5.81. The van der Waals surface area contributed by atoms with Crippen molar-refractivity contribution in [2.24, 2.45) is 5.92 Å². The van der Waals surface area contributed by atoms with Crippen molar-refractivity contribution < 1.29 is 18.7 Å². The van der Waals surface area contributed by atoms with Gasteiger partial charge in [0.05, 0.1) is 17.9 Å². The number of aromatic nitrogens is 1. The number of nitrogens with zero attached hydrogens (tertiary/aromatic N) is 1. The number of rotatable bonds is 6. The second-order valence-electron chi connectivity index (χ2n) is 6.59. The molecule has 0 spiro atoms. The zero-order valence-corrected chi connectivity index (χ0v) is 14.1. The van der Waals surface area contributed by atoms with Crippen molar-refractivity contribution in [2.45, 2.75) is 44.6 Å². The summed E-state index contributed by atoms with van der Waals surface area (Å²) in [5.41, 5.74) is 0.363. The van der Waals surface area contributed by atoms with Gasteiger partial charge in [-0.3, -0.25) is 4.79 Å². The molecule has 1 saturated carbocycles. The number of halogens is 1. The third-order valence-electron chi connectivity index (χ3n) is 4.60. The lowest BCUT2D eigenvalue weighted by Crippen LogP contribution is -2.33. The molecular formula is C19H23FN2O3. The van der Waals surface area contributed by atoms with E-state index in [1.165, 1.54) is 12.3 Å². The van der Waals surface area contributed by atoms with Crippen LogP contribution in [0.3, 0.4) is 0 Å². The van der Waals surface area contributed by atoms with Gasteiger partial charge in [0.1, 0.15) is 5.82 Å². The second kappa shape index (κ2) is 8.25. The van der Waals surface area contributed by atoms with E-state index >= 15 is 0 Å². The van der Waals surface area contributed by atoms with Crippen molar-refractivity contribution in [3.8, 4) is 11.3 Å². The first-order valence-electron chi connectivity index (χ1n) is 8.76. The lowest BCUT2D eigenvalue weighted by Gasteiger charge is -2.25. The first kappa shape index (κ1) is 17.6. The Bertz CT molecular complexity index is 716. The van der Waals surface area contributed by atoms with E-state index in [0.717, 1.165) is 25.7 Å². The predicted octanol–water partition coefficient (Wildman–Crippen LogP) is 3.08. The van der Waals surface area contributed by atoms with Crippen molar-refractivity contribution in [2.75, 3.05) is 6.54 Å². The summed E-state index contributed by atoms with van der Waals surface area (Å²) in [6, 6.07) is 6.35. The van der Waals surface area contributed by atoms with Gasteiger partial charge in [-0.25, -0.2) is 9.37 Å². The highest BCUT2D eigenvalue weighted by Crippen LogP contribution is 2.24. The average molecular weight is 346 g/mol. The van der Waals surface area contributed by atoms with E-state index in [9.17, 15) is 14.3 Å². The molecule has 1 aromatic heterocycles. The first-order valence-corrected chi connectivity index (χ1v) is 8.76. The molecule has 1 heterocycles. The summed E-state index contributed by atoms with van der Waals surface area (Å²) >= 11 is 0. The Morgan fingerprint density at radius 1 is 1.36 bits per heavy atom. The summed E-state index contributed by atoms with van der Waals surface area (Å²) in [6.07, 6.45) is 5.56. The van der Waals surface area contributed by atoms with Crippen molar-refractivity contribution >= 4 is 5.91 Å². The Morgan fingerprint density at radius 3 is 3.00 bits per heavy atom. The molecule has 25 heavy (non-hydrogen) atoms. The lowest BCUT2D eigenvalue weighted by atomic mass is 9.87. The smallest absolute Gasteiger partial charge is 0.220 e. The Hall–Kier alpha value is -2.21. The molecule has 0 bridgehead atoms. The van der Waals surface area contributed by atoms with Crippen molar-refractivity contribution in [3.05, 3.63) is 42.2 Å². The van der Waals surface area contributed by atoms with E-state index in [4.69, 9.17) is 4.42 Å². The zero-order valence-electron chi connectivity index (χ0n) is 14.1. The average Bonchev–Trinajstić information content (AvgIpc) is 3.07. The summed E-state index contributed by atoms with van der Waals surface area (Å²) in [6.45, 7) is 0.599. The molecule has 0 radical (unpaired) electrons. The predicted molar refractivity (Wildman–Crippen MR) is 91.2 cm³/mol. The molecule has 1 aliphatic carbocycles. The number of aliphatic hydroxyl groups excluding tert-OH is 1. The highest BCUT2D eigenvalue weighted by Gasteiger charge is 2.20. The van der Waals surface area contributed by atoms with Crippen LogP contribution in [0.25, 0.3) is 11.3 Å². The highest BCUT2D eigenvalue weighted by atomic mass is 19.1. The Labute approximate surface area is 146 Å². The minimum Gasteiger partial charge on any atom is -0.441 e. The number of aryl methyl sites for hydroxylation is 1. The van der Waals surface area contributed by atoms with Crippen molar-refractivity contribution in [1.29, 1.82) is 0 Å².